The molecule has 0 fully saturated rings. The summed E-state index contributed by atoms with van der Waals surface area (Å²) >= 11 is 0. The number of pyridine rings is 1. The van der Waals surface area contributed by atoms with Gasteiger partial charge in [0.05, 0.1) is 5.69 Å². The van der Waals surface area contributed by atoms with Crippen molar-refractivity contribution >= 4 is 6.09 Å². The maximum atomic E-state index is 11.4. The first-order valence-corrected chi connectivity index (χ1v) is 4.41. The smallest absolute Gasteiger partial charge is 0.419 e. The second kappa shape index (κ2) is 4.36. The van der Waals surface area contributed by atoms with Crippen molar-refractivity contribution in [2.24, 2.45) is 0 Å². The third-order valence-electron chi connectivity index (χ3n) is 1.78. The van der Waals surface area contributed by atoms with E-state index in [1.54, 1.807) is 18.3 Å². The van der Waals surface area contributed by atoms with Crippen molar-refractivity contribution in [3.8, 4) is 0 Å². The molecule has 2 heterocycles. The summed E-state index contributed by atoms with van der Waals surface area (Å²) < 4.78 is 6.26. The van der Waals surface area contributed by atoms with Crippen LogP contribution in [0.2, 0.25) is 0 Å². The molecule has 5 heteroatoms. The lowest BCUT2D eigenvalue weighted by atomic mass is 10.4. The molecule has 0 spiro atoms. The van der Waals surface area contributed by atoms with Gasteiger partial charge in [-0.2, -0.15) is 0 Å². The standard InChI is InChI=1S/C10H9N3O2/c14-10(13-6-5-11-8-13)15-7-9-3-1-2-4-12-9/h1-6,8H,7H2. The summed E-state index contributed by atoms with van der Waals surface area (Å²) in [6, 6.07) is 5.44. The minimum atomic E-state index is -0.460. The average molecular weight is 203 g/mol. The molecule has 0 aliphatic carbocycles. The molecule has 0 aliphatic heterocycles. The minimum absolute atomic E-state index is 0.165. The summed E-state index contributed by atoms with van der Waals surface area (Å²) in [5, 5.41) is 0. The van der Waals surface area contributed by atoms with Crippen LogP contribution >= 0.6 is 0 Å². The van der Waals surface area contributed by atoms with E-state index >= 15 is 0 Å². The van der Waals surface area contributed by atoms with Gasteiger partial charge in [-0.25, -0.2) is 14.3 Å². The fraction of sp³-hybridized carbons (Fsp3) is 0.100. The molecular weight excluding hydrogens is 194 g/mol. The number of nitrogens with zero attached hydrogens (tertiary/aromatic N) is 3. The molecule has 0 atom stereocenters. The lowest BCUT2D eigenvalue weighted by molar-refractivity contribution is 0.140. The fourth-order valence-corrected chi connectivity index (χ4v) is 1.06. The van der Waals surface area contributed by atoms with Crippen molar-refractivity contribution in [1.82, 2.24) is 14.5 Å². The van der Waals surface area contributed by atoms with Crippen molar-refractivity contribution in [3.05, 3.63) is 48.8 Å². The van der Waals surface area contributed by atoms with Crippen molar-refractivity contribution in [2.45, 2.75) is 6.61 Å². The van der Waals surface area contributed by atoms with Crippen LogP contribution in [0.15, 0.2) is 43.1 Å². The number of aromatic nitrogens is 3. The van der Waals surface area contributed by atoms with Crippen LogP contribution < -0.4 is 0 Å². The van der Waals surface area contributed by atoms with Crippen LogP contribution in [-0.2, 0) is 11.3 Å². The Morgan fingerprint density at radius 3 is 3.00 bits per heavy atom. The van der Waals surface area contributed by atoms with Crippen LogP contribution in [0.1, 0.15) is 5.69 Å². The second-order valence-corrected chi connectivity index (χ2v) is 2.85. The zero-order chi connectivity index (χ0) is 10.5. The van der Waals surface area contributed by atoms with E-state index in [-0.39, 0.29) is 6.61 Å². The largest absolute Gasteiger partial charge is 0.442 e. The molecule has 0 saturated carbocycles. The Bertz CT molecular complexity index is 425. The van der Waals surface area contributed by atoms with Crippen LogP contribution in [0.25, 0.3) is 0 Å². The molecule has 0 N–H and O–H groups in total. The molecule has 15 heavy (non-hydrogen) atoms. The van der Waals surface area contributed by atoms with E-state index in [4.69, 9.17) is 4.74 Å². The summed E-state index contributed by atoms with van der Waals surface area (Å²) in [7, 11) is 0. The molecule has 2 aromatic rings. The zero-order valence-corrected chi connectivity index (χ0v) is 7.91. The Hall–Kier alpha value is -2.17. The van der Waals surface area contributed by atoms with Gasteiger partial charge >= 0.3 is 6.09 Å². The van der Waals surface area contributed by atoms with Gasteiger partial charge in [0, 0.05) is 18.6 Å². The van der Waals surface area contributed by atoms with Gasteiger partial charge in [-0.15, -0.1) is 0 Å². The van der Waals surface area contributed by atoms with Gasteiger partial charge in [-0.05, 0) is 12.1 Å². The highest BCUT2D eigenvalue weighted by atomic mass is 16.5. The number of carbonyl (C=O) groups is 1. The van der Waals surface area contributed by atoms with Crippen LogP contribution in [-0.4, -0.2) is 20.6 Å². The topological polar surface area (TPSA) is 57.0 Å². The molecule has 5 nitrogen and oxygen atoms in total. The maximum Gasteiger partial charge on any atom is 0.419 e. The summed E-state index contributed by atoms with van der Waals surface area (Å²) in [5.74, 6) is 0. The van der Waals surface area contributed by atoms with E-state index in [1.165, 1.54) is 23.3 Å². The number of rotatable bonds is 2. The Morgan fingerprint density at radius 1 is 1.40 bits per heavy atom. The number of hydrogen-bond donors (Lipinski definition) is 0. The first-order valence-electron chi connectivity index (χ1n) is 4.41. The number of imidazole rings is 1. The molecule has 0 saturated heterocycles. The Labute approximate surface area is 86.4 Å². The highest BCUT2D eigenvalue weighted by Crippen LogP contribution is 1.98. The lowest BCUT2D eigenvalue weighted by Gasteiger charge is -2.03. The van der Waals surface area contributed by atoms with Gasteiger partial charge in [-0.1, -0.05) is 6.07 Å². The molecule has 0 aromatic carbocycles. The highest BCUT2D eigenvalue weighted by Gasteiger charge is 2.04. The van der Waals surface area contributed by atoms with Crippen LogP contribution in [0.4, 0.5) is 4.79 Å². The van der Waals surface area contributed by atoms with Gasteiger partial charge in [0.2, 0.25) is 0 Å². The molecule has 0 amide bonds. The Kier molecular flexibility index (Phi) is 2.73. The first-order chi connectivity index (χ1) is 7.36. The number of carbonyl (C=O) groups excluding carboxylic acids is 1. The van der Waals surface area contributed by atoms with E-state index in [0.717, 1.165) is 0 Å². The molecule has 2 aromatic heterocycles. The molecule has 76 valence electrons. The van der Waals surface area contributed by atoms with Crippen molar-refractivity contribution in [3.63, 3.8) is 0 Å². The number of ether oxygens (including phenoxy) is 1. The Balaban J connectivity index is 1.92. The lowest BCUT2D eigenvalue weighted by Crippen LogP contribution is -2.11. The van der Waals surface area contributed by atoms with Gasteiger partial charge in [0.25, 0.3) is 0 Å². The normalized spacial score (nSPS) is 9.87. The van der Waals surface area contributed by atoms with Gasteiger partial charge < -0.3 is 4.74 Å². The van der Waals surface area contributed by atoms with Crippen LogP contribution in [0.5, 0.6) is 0 Å². The van der Waals surface area contributed by atoms with Crippen LogP contribution in [0.3, 0.4) is 0 Å². The average Bonchev–Trinajstić information content (AvgIpc) is 2.81. The summed E-state index contributed by atoms with van der Waals surface area (Å²) in [5.41, 5.74) is 0.714. The summed E-state index contributed by atoms with van der Waals surface area (Å²) in [4.78, 5) is 19.1. The van der Waals surface area contributed by atoms with E-state index < -0.39 is 6.09 Å². The second-order valence-electron chi connectivity index (χ2n) is 2.85. The predicted molar refractivity (Wildman–Crippen MR) is 52.0 cm³/mol. The molecule has 0 aliphatic rings. The third-order valence-corrected chi connectivity index (χ3v) is 1.78. The van der Waals surface area contributed by atoms with Crippen molar-refractivity contribution in [2.75, 3.05) is 0 Å². The van der Waals surface area contributed by atoms with Crippen molar-refractivity contribution in [1.29, 1.82) is 0 Å². The van der Waals surface area contributed by atoms with Crippen molar-refractivity contribution < 1.29 is 9.53 Å². The molecular formula is C10H9N3O2. The summed E-state index contributed by atoms with van der Waals surface area (Å²) in [6.45, 7) is 0.165. The maximum absolute atomic E-state index is 11.4. The highest BCUT2D eigenvalue weighted by molar-refractivity contribution is 5.69. The van der Waals surface area contributed by atoms with E-state index in [9.17, 15) is 4.79 Å². The van der Waals surface area contributed by atoms with Gasteiger partial charge in [0.1, 0.15) is 12.9 Å². The number of hydrogen-bond acceptors (Lipinski definition) is 4. The van der Waals surface area contributed by atoms with Gasteiger partial charge in [-0.3, -0.25) is 4.98 Å². The SMILES string of the molecule is O=C(OCc1ccccn1)n1ccnc1. The Morgan fingerprint density at radius 2 is 2.33 bits per heavy atom. The fourth-order valence-electron chi connectivity index (χ4n) is 1.06. The molecule has 0 bridgehead atoms. The monoisotopic (exact) mass is 203 g/mol. The van der Waals surface area contributed by atoms with Crippen LogP contribution in [0, 0.1) is 0 Å². The predicted octanol–water partition coefficient (Wildman–Crippen LogP) is 1.46. The summed E-state index contributed by atoms with van der Waals surface area (Å²) in [6.07, 6.45) is 5.63. The van der Waals surface area contributed by atoms with E-state index in [2.05, 4.69) is 9.97 Å². The molecule has 0 unspecified atom stereocenters. The van der Waals surface area contributed by atoms with E-state index in [0.29, 0.717) is 5.69 Å². The molecule has 2 rings (SSSR count). The van der Waals surface area contributed by atoms with E-state index in [1.807, 2.05) is 6.07 Å². The molecule has 0 radical (unpaired) electrons. The minimum Gasteiger partial charge on any atom is -0.442 e. The first kappa shape index (κ1) is 9.39. The van der Waals surface area contributed by atoms with Gasteiger partial charge in [0.15, 0.2) is 0 Å². The quantitative estimate of drug-likeness (QED) is 0.741. The zero-order valence-electron chi connectivity index (χ0n) is 7.91. The third kappa shape index (κ3) is 2.40.